The molecule has 0 aliphatic carbocycles. The number of fused-ring (bicyclic) bond motifs is 1. The maximum Gasteiger partial charge on any atom is 0.326 e. The van der Waals surface area contributed by atoms with E-state index in [9.17, 15) is 14.7 Å². The van der Waals surface area contributed by atoms with E-state index in [0.29, 0.717) is 44.5 Å². The number of hydrogen-bond acceptors (Lipinski definition) is 7. The Kier molecular flexibility index (Phi) is 12.0. The van der Waals surface area contributed by atoms with Crippen LogP contribution in [0.2, 0.25) is 0 Å². The highest BCUT2D eigenvalue weighted by Gasteiger charge is 2.20. The molecule has 0 spiro atoms. The lowest BCUT2D eigenvalue weighted by Crippen LogP contribution is -2.41. The van der Waals surface area contributed by atoms with Crippen LogP contribution in [0.4, 0.5) is 0 Å². The number of aromatic nitrogens is 4. The summed E-state index contributed by atoms with van der Waals surface area (Å²) in [5, 5.41) is 17.9. The van der Waals surface area contributed by atoms with Crippen molar-refractivity contribution in [1.82, 2.24) is 29.7 Å². The van der Waals surface area contributed by atoms with Gasteiger partial charge in [0.25, 0.3) is 5.91 Å². The first kappa shape index (κ1) is 33.1. The number of nitrogens with two attached hydrogens (primary N) is 2. The van der Waals surface area contributed by atoms with Crippen molar-refractivity contribution in [2.24, 2.45) is 25.6 Å². The Morgan fingerprint density at radius 2 is 1.58 bits per heavy atom. The lowest BCUT2D eigenvalue weighted by molar-refractivity contribution is -0.139. The Hall–Kier alpha value is -4.84. The fourth-order valence-corrected chi connectivity index (χ4v) is 4.96. The van der Waals surface area contributed by atoms with Crippen LogP contribution in [0.5, 0.6) is 0 Å². The Bertz CT molecular complexity index is 1670. The zero-order chi connectivity index (χ0) is 32.2. The zero-order valence-electron chi connectivity index (χ0n) is 25.8. The summed E-state index contributed by atoms with van der Waals surface area (Å²) in [4.78, 5) is 32.7. The van der Waals surface area contributed by atoms with Gasteiger partial charge in [0.2, 0.25) is 0 Å². The summed E-state index contributed by atoms with van der Waals surface area (Å²) >= 11 is 0. The van der Waals surface area contributed by atoms with Crippen molar-refractivity contribution in [1.29, 1.82) is 0 Å². The third-order valence-corrected chi connectivity index (χ3v) is 7.68. The van der Waals surface area contributed by atoms with Gasteiger partial charge in [-0.1, -0.05) is 54.6 Å². The van der Waals surface area contributed by atoms with Gasteiger partial charge in [0.1, 0.15) is 17.7 Å². The molecule has 0 bridgehead atoms. The predicted octanol–water partition coefficient (Wildman–Crippen LogP) is 3.45. The van der Waals surface area contributed by atoms with Crippen LogP contribution in [0.15, 0.2) is 91.5 Å². The second kappa shape index (κ2) is 16.3. The van der Waals surface area contributed by atoms with Crippen LogP contribution in [-0.2, 0) is 38.4 Å². The zero-order valence-corrected chi connectivity index (χ0v) is 25.8. The van der Waals surface area contributed by atoms with Gasteiger partial charge in [0.05, 0.1) is 6.54 Å². The molecule has 2 aromatic heterocycles. The van der Waals surface area contributed by atoms with Crippen LogP contribution in [0.1, 0.15) is 52.0 Å². The highest BCUT2D eigenvalue weighted by atomic mass is 16.4. The van der Waals surface area contributed by atoms with Gasteiger partial charge in [-0.3, -0.25) is 4.79 Å². The van der Waals surface area contributed by atoms with E-state index in [1.807, 2.05) is 53.8 Å². The largest absolute Gasteiger partial charge is 0.480 e. The van der Waals surface area contributed by atoms with E-state index in [2.05, 4.69) is 44.9 Å². The van der Waals surface area contributed by atoms with Crippen molar-refractivity contribution in [3.05, 3.63) is 120 Å². The van der Waals surface area contributed by atoms with E-state index in [1.54, 1.807) is 36.7 Å². The Morgan fingerprint density at radius 1 is 0.911 bits per heavy atom. The van der Waals surface area contributed by atoms with Crippen molar-refractivity contribution < 1.29 is 14.7 Å². The molecule has 2 heterocycles. The van der Waals surface area contributed by atoms with Gasteiger partial charge >= 0.3 is 5.97 Å². The molecule has 2 unspecified atom stereocenters. The molecule has 5 rings (SSSR count). The number of aliphatic carboxylic acids is 1. The molecule has 0 radical (unpaired) electrons. The Balaban J connectivity index is 0.000000318. The first-order valence-electron chi connectivity index (χ1n) is 15.0. The molecule has 11 nitrogen and oxygen atoms in total. The van der Waals surface area contributed by atoms with Crippen LogP contribution < -0.4 is 22.1 Å². The number of carbonyl (C=O) groups is 2. The van der Waals surface area contributed by atoms with Crippen LogP contribution in [0, 0.1) is 0 Å². The molecule has 236 valence electrons. The molecule has 2 atom stereocenters. The number of imidazole rings is 2. The van der Waals surface area contributed by atoms with E-state index in [1.165, 1.54) is 16.3 Å². The SMILES string of the molecule is Cn1ccnc1CNCCCC(NC(=O)c1ccc(C(N)Cc2nccn2C)cc1)C(=O)O.NCc1cccc2ccccc12. The van der Waals surface area contributed by atoms with Gasteiger partial charge in [-0.25, -0.2) is 14.8 Å². The second-order valence-electron chi connectivity index (χ2n) is 10.9. The average Bonchev–Trinajstić information content (AvgIpc) is 3.66. The Labute approximate surface area is 263 Å². The fourth-order valence-electron chi connectivity index (χ4n) is 4.96. The maximum atomic E-state index is 12.6. The molecule has 0 fully saturated rings. The first-order chi connectivity index (χ1) is 21.8. The fraction of sp³-hybridized carbons (Fsp3) is 0.294. The molecule has 11 heteroatoms. The number of carbonyl (C=O) groups excluding carboxylic acids is 1. The lowest BCUT2D eigenvalue weighted by atomic mass is 10.0. The minimum Gasteiger partial charge on any atom is -0.480 e. The van der Waals surface area contributed by atoms with Crippen molar-refractivity contribution in [2.45, 2.75) is 44.4 Å². The topological polar surface area (TPSA) is 166 Å². The summed E-state index contributed by atoms with van der Waals surface area (Å²) in [7, 11) is 3.83. The van der Waals surface area contributed by atoms with Crippen molar-refractivity contribution in [2.75, 3.05) is 6.54 Å². The molecule has 0 saturated carbocycles. The molecule has 5 aromatic rings. The minimum absolute atomic E-state index is 0.256. The van der Waals surface area contributed by atoms with Crippen LogP contribution in [-0.4, -0.2) is 48.7 Å². The normalized spacial score (nSPS) is 12.3. The summed E-state index contributed by atoms with van der Waals surface area (Å²) < 4.78 is 3.84. The van der Waals surface area contributed by atoms with Crippen LogP contribution >= 0.6 is 0 Å². The van der Waals surface area contributed by atoms with E-state index >= 15 is 0 Å². The molecule has 7 N–H and O–H groups in total. The molecule has 45 heavy (non-hydrogen) atoms. The monoisotopic (exact) mass is 610 g/mol. The van der Waals surface area contributed by atoms with Gasteiger partial charge < -0.3 is 36.3 Å². The van der Waals surface area contributed by atoms with E-state index in [4.69, 9.17) is 11.5 Å². The first-order valence-corrected chi connectivity index (χ1v) is 15.0. The molecular weight excluding hydrogens is 568 g/mol. The summed E-state index contributed by atoms with van der Waals surface area (Å²) in [6.45, 7) is 1.83. The highest BCUT2D eigenvalue weighted by Crippen LogP contribution is 2.18. The predicted molar refractivity (Wildman–Crippen MR) is 175 cm³/mol. The number of rotatable bonds is 13. The maximum absolute atomic E-state index is 12.6. The Morgan fingerprint density at radius 3 is 2.22 bits per heavy atom. The van der Waals surface area contributed by atoms with Gasteiger partial charge in [0, 0.05) is 63.5 Å². The molecule has 0 saturated heterocycles. The van der Waals surface area contributed by atoms with Gasteiger partial charge in [-0.2, -0.15) is 0 Å². The average molecular weight is 611 g/mol. The molecule has 1 amide bonds. The van der Waals surface area contributed by atoms with Crippen molar-refractivity contribution in [3.63, 3.8) is 0 Å². The lowest BCUT2D eigenvalue weighted by Gasteiger charge is -2.16. The summed E-state index contributed by atoms with van der Waals surface area (Å²) in [6, 6.07) is 20.2. The number of nitrogens with zero attached hydrogens (tertiary/aromatic N) is 4. The summed E-state index contributed by atoms with van der Waals surface area (Å²) in [6.07, 6.45) is 8.69. The number of carboxylic acid groups (broad SMARTS) is 1. The number of amides is 1. The summed E-state index contributed by atoms with van der Waals surface area (Å²) in [5.74, 6) is 0.304. The van der Waals surface area contributed by atoms with Crippen molar-refractivity contribution in [3.8, 4) is 0 Å². The number of carboxylic acids is 1. The third-order valence-electron chi connectivity index (χ3n) is 7.68. The van der Waals surface area contributed by atoms with E-state index < -0.39 is 17.9 Å². The highest BCUT2D eigenvalue weighted by molar-refractivity contribution is 5.96. The molecule has 3 aromatic carbocycles. The van der Waals surface area contributed by atoms with Crippen LogP contribution in [0.3, 0.4) is 0 Å². The third kappa shape index (κ3) is 9.32. The summed E-state index contributed by atoms with van der Waals surface area (Å²) in [5.41, 5.74) is 14.4. The molecule has 0 aliphatic heterocycles. The number of hydrogen-bond donors (Lipinski definition) is 5. The minimum atomic E-state index is -1.05. The van der Waals surface area contributed by atoms with Gasteiger partial charge in [-0.05, 0) is 53.4 Å². The second-order valence-corrected chi connectivity index (χ2v) is 10.9. The standard InChI is InChI=1S/C23H31N7O3.C11H11N/c1-29-12-10-26-20(29)14-18(24)16-5-7-17(8-6-16)22(31)28-19(23(32)33)4-3-9-25-15-21-27-11-13-30(21)2;12-8-10-6-3-5-9-4-1-2-7-11(9)10/h5-8,10-13,18-19,25H,3-4,9,14-15,24H2,1-2H3,(H,28,31)(H,32,33);1-7H,8,12H2. The van der Waals surface area contributed by atoms with Crippen LogP contribution in [0.25, 0.3) is 10.8 Å². The molecular formula is C34H42N8O3. The van der Waals surface area contributed by atoms with E-state index in [0.717, 1.165) is 17.2 Å². The quantitative estimate of drug-likeness (QED) is 0.126. The van der Waals surface area contributed by atoms with Gasteiger partial charge in [0.15, 0.2) is 0 Å². The number of aryl methyl sites for hydroxylation is 2. The van der Waals surface area contributed by atoms with Crippen molar-refractivity contribution >= 4 is 22.6 Å². The number of benzene rings is 3. The van der Waals surface area contributed by atoms with E-state index in [-0.39, 0.29) is 6.04 Å². The smallest absolute Gasteiger partial charge is 0.326 e. The number of nitrogens with one attached hydrogen (secondary N) is 2. The van der Waals surface area contributed by atoms with Gasteiger partial charge in [-0.15, -0.1) is 0 Å². The molecule has 0 aliphatic rings.